The van der Waals surface area contributed by atoms with Gasteiger partial charge in [0, 0.05) is 16.6 Å². The molecule has 0 aliphatic heterocycles. The Bertz CT molecular complexity index is 971. The van der Waals surface area contributed by atoms with Crippen molar-refractivity contribution >= 4 is 34.0 Å². The molecule has 0 aliphatic carbocycles. The number of hydrogen-bond acceptors (Lipinski definition) is 2. The first-order chi connectivity index (χ1) is 10.6. The van der Waals surface area contributed by atoms with E-state index in [4.69, 9.17) is 28.5 Å². The van der Waals surface area contributed by atoms with Crippen LogP contribution in [0.25, 0.3) is 10.8 Å². The molecule has 0 bridgehead atoms. The molecule has 0 saturated heterocycles. The number of halogens is 2. The first-order valence-electron chi connectivity index (χ1n) is 6.56. The van der Waals surface area contributed by atoms with E-state index in [1.54, 1.807) is 41.1 Å². The Kier molecular flexibility index (Phi) is 3.89. The summed E-state index contributed by atoms with van der Waals surface area (Å²) in [5, 5.41) is 11.1. The highest BCUT2D eigenvalue weighted by atomic mass is 35.5. The Balaban J connectivity index is 2.15. The molecule has 0 radical (unpaired) electrons. The van der Waals surface area contributed by atoms with Gasteiger partial charge in [0.25, 0.3) is 5.56 Å². The van der Waals surface area contributed by atoms with Crippen molar-refractivity contribution in [1.29, 1.82) is 5.26 Å². The fraction of sp³-hybridized carbons (Fsp3) is 0.0588. The summed E-state index contributed by atoms with van der Waals surface area (Å²) in [6.45, 7) is 0.322. The van der Waals surface area contributed by atoms with Crippen molar-refractivity contribution < 1.29 is 0 Å². The summed E-state index contributed by atoms with van der Waals surface area (Å²) in [6.07, 6.45) is 1.68. The van der Waals surface area contributed by atoms with Gasteiger partial charge in [0.05, 0.1) is 28.6 Å². The van der Waals surface area contributed by atoms with E-state index < -0.39 is 0 Å². The maximum Gasteiger partial charge on any atom is 0.258 e. The number of pyridine rings is 1. The van der Waals surface area contributed by atoms with Crippen molar-refractivity contribution in [3.63, 3.8) is 0 Å². The van der Waals surface area contributed by atoms with E-state index in [0.717, 1.165) is 5.56 Å². The van der Waals surface area contributed by atoms with Crippen LogP contribution in [-0.4, -0.2) is 4.57 Å². The summed E-state index contributed by atoms with van der Waals surface area (Å²) in [4.78, 5) is 12.6. The third-order valence-corrected chi connectivity index (χ3v) is 4.02. The highest BCUT2D eigenvalue weighted by molar-refractivity contribution is 6.38. The van der Waals surface area contributed by atoms with Crippen LogP contribution in [-0.2, 0) is 6.54 Å². The van der Waals surface area contributed by atoms with Crippen molar-refractivity contribution in [3.8, 4) is 6.07 Å². The molecule has 0 unspecified atom stereocenters. The van der Waals surface area contributed by atoms with Crippen LogP contribution in [0.3, 0.4) is 0 Å². The highest BCUT2D eigenvalue weighted by Crippen LogP contribution is 2.25. The van der Waals surface area contributed by atoms with Crippen LogP contribution in [0.5, 0.6) is 0 Å². The maximum absolute atomic E-state index is 12.6. The molecule has 2 aromatic carbocycles. The lowest BCUT2D eigenvalue weighted by Crippen LogP contribution is -2.20. The highest BCUT2D eigenvalue weighted by Gasteiger charge is 2.09. The summed E-state index contributed by atoms with van der Waals surface area (Å²) in [7, 11) is 0. The van der Waals surface area contributed by atoms with Gasteiger partial charge in [0.15, 0.2) is 0 Å². The summed E-state index contributed by atoms with van der Waals surface area (Å²) >= 11 is 12.1. The molecular formula is C17H10Cl2N2O. The minimum atomic E-state index is -0.186. The van der Waals surface area contributed by atoms with Gasteiger partial charge in [-0.05, 0) is 29.8 Å². The van der Waals surface area contributed by atoms with E-state index in [2.05, 4.69) is 6.07 Å². The lowest BCUT2D eigenvalue weighted by atomic mass is 10.1. The average molecular weight is 329 g/mol. The number of hydrogen-bond donors (Lipinski definition) is 0. The van der Waals surface area contributed by atoms with Gasteiger partial charge in [-0.3, -0.25) is 4.79 Å². The second-order valence-corrected chi connectivity index (χ2v) is 5.71. The van der Waals surface area contributed by atoms with Gasteiger partial charge in [-0.15, -0.1) is 0 Å². The third kappa shape index (κ3) is 2.59. The zero-order valence-electron chi connectivity index (χ0n) is 11.4. The van der Waals surface area contributed by atoms with E-state index in [1.165, 1.54) is 0 Å². The normalized spacial score (nSPS) is 10.6. The first kappa shape index (κ1) is 14.6. The van der Waals surface area contributed by atoms with Gasteiger partial charge in [-0.1, -0.05) is 41.4 Å². The molecule has 3 aromatic rings. The SMILES string of the molecule is N#Cc1ccccc1Cn1ccc2c(Cl)cc(Cl)cc2c1=O. The smallest absolute Gasteiger partial charge is 0.258 e. The zero-order chi connectivity index (χ0) is 15.7. The number of benzene rings is 2. The number of rotatable bonds is 2. The standard InChI is InChI=1S/C17H10Cl2N2O/c18-13-7-15-14(16(19)8-13)5-6-21(17(15)22)10-12-4-2-1-3-11(12)9-20/h1-8H,10H2. The molecule has 3 rings (SSSR count). The Morgan fingerprint density at radius 2 is 1.86 bits per heavy atom. The predicted octanol–water partition coefficient (Wildman–Crippen LogP) is 4.23. The molecule has 5 heteroatoms. The Hall–Kier alpha value is -2.28. The van der Waals surface area contributed by atoms with Crippen LogP contribution in [0, 0.1) is 11.3 Å². The molecule has 0 aliphatic rings. The fourth-order valence-electron chi connectivity index (χ4n) is 2.39. The molecule has 0 saturated carbocycles. The van der Waals surface area contributed by atoms with Crippen LogP contribution >= 0.6 is 23.2 Å². The van der Waals surface area contributed by atoms with E-state index >= 15 is 0 Å². The van der Waals surface area contributed by atoms with Crippen molar-refractivity contribution in [2.45, 2.75) is 6.54 Å². The lowest BCUT2D eigenvalue weighted by Gasteiger charge is -2.09. The molecule has 1 heterocycles. The Labute approximate surface area is 136 Å². The van der Waals surface area contributed by atoms with Crippen LogP contribution in [0.2, 0.25) is 10.0 Å². The van der Waals surface area contributed by atoms with Crippen molar-refractivity contribution in [3.05, 3.63) is 80.2 Å². The molecule has 108 valence electrons. The third-order valence-electron chi connectivity index (χ3n) is 3.49. The molecular weight excluding hydrogens is 319 g/mol. The molecule has 0 spiro atoms. The number of fused-ring (bicyclic) bond motifs is 1. The second-order valence-electron chi connectivity index (χ2n) is 4.87. The second kappa shape index (κ2) is 5.84. The van der Waals surface area contributed by atoms with Crippen molar-refractivity contribution in [2.75, 3.05) is 0 Å². The summed E-state index contributed by atoms with van der Waals surface area (Å²) in [6, 6.07) is 14.3. The summed E-state index contributed by atoms with van der Waals surface area (Å²) in [5.74, 6) is 0. The van der Waals surface area contributed by atoms with Crippen LogP contribution < -0.4 is 5.56 Å². The van der Waals surface area contributed by atoms with E-state index in [1.807, 2.05) is 12.1 Å². The van der Waals surface area contributed by atoms with Gasteiger partial charge in [-0.2, -0.15) is 5.26 Å². The van der Waals surface area contributed by atoms with Crippen LogP contribution in [0.1, 0.15) is 11.1 Å². The topological polar surface area (TPSA) is 45.8 Å². The van der Waals surface area contributed by atoms with Gasteiger partial charge >= 0.3 is 0 Å². The number of aromatic nitrogens is 1. The van der Waals surface area contributed by atoms with E-state index in [-0.39, 0.29) is 5.56 Å². The molecule has 0 atom stereocenters. The first-order valence-corrected chi connectivity index (χ1v) is 7.32. The van der Waals surface area contributed by atoms with Gasteiger partial charge in [-0.25, -0.2) is 0 Å². The number of nitrogens with zero attached hydrogens (tertiary/aromatic N) is 2. The summed E-state index contributed by atoms with van der Waals surface area (Å²) < 4.78 is 1.55. The lowest BCUT2D eigenvalue weighted by molar-refractivity contribution is 0.766. The molecule has 0 fully saturated rings. The largest absolute Gasteiger partial charge is 0.311 e. The predicted molar refractivity (Wildman–Crippen MR) is 88.5 cm³/mol. The quantitative estimate of drug-likeness (QED) is 0.706. The summed E-state index contributed by atoms with van der Waals surface area (Å²) in [5.41, 5.74) is 1.16. The average Bonchev–Trinajstić information content (AvgIpc) is 2.51. The van der Waals surface area contributed by atoms with E-state index in [0.29, 0.717) is 32.9 Å². The molecule has 0 N–H and O–H groups in total. The molecule has 0 amide bonds. The monoisotopic (exact) mass is 328 g/mol. The number of nitriles is 1. The van der Waals surface area contributed by atoms with Crippen molar-refractivity contribution in [1.82, 2.24) is 4.57 Å². The minimum absolute atomic E-state index is 0.186. The van der Waals surface area contributed by atoms with Crippen LogP contribution in [0.4, 0.5) is 0 Å². The van der Waals surface area contributed by atoms with Gasteiger partial charge < -0.3 is 4.57 Å². The Morgan fingerprint density at radius 3 is 2.64 bits per heavy atom. The van der Waals surface area contributed by atoms with Gasteiger partial charge in [0.1, 0.15) is 0 Å². The fourth-order valence-corrected chi connectivity index (χ4v) is 2.95. The van der Waals surface area contributed by atoms with Gasteiger partial charge in [0.2, 0.25) is 0 Å². The zero-order valence-corrected chi connectivity index (χ0v) is 12.9. The minimum Gasteiger partial charge on any atom is -0.311 e. The van der Waals surface area contributed by atoms with Crippen molar-refractivity contribution in [2.24, 2.45) is 0 Å². The maximum atomic E-state index is 12.6. The molecule has 22 heavy (non-hydrogen) atoms. The van der Waals surface area contributed by atoms with E-state index in [9.17, 15) is 4.79 Å². The Morgan fingerprint density at radius 1 is 1.09 bits per heavy atom. The molecule has 3 nitrogen and oxygen atoms in total. The van der Waals surface area contributed by atoms with Crippen LogP contribution in [0.15, 0.2) is 53.5 Å². The molecule has 1 aromatic heterocycles.